The fraction of sp³-hybridized carbons (Fsp3) is 0.882. The second-order valence-corrected chi connectivity index (χ2v) is 7.95. The first kappa shape index (κ1) is 17.1. The third kappa shape index (κ3) is 4.62. The number of rotatable bonds is 3. The fourth-order valence-electron chi connectivity index (χ4n) is 3.23. The maximum atomic E-state index is 12.4. The van der Waals surface area contributed by atoms with Crippen molar-refractivity contribution in [1.29, 1.82) is 0 Å². The van der Waals surface area contributed by atoms with Crippen LogP contribution in [0.4, 0.5) is 4.79 Å². The summed E-state index contributed by atoms with van der Waals surface area (Å²) in [4.78, 5) is 26.4. The third-order valence-electron chi connectivity index (χ3n) is 4.78. The van der Waals surface area contributed by atoms with Crippen LogP contribution in [0.1, 0.15) is 59.8 Å². The van der Waals surface area contributed by atoms with Gasteiger partial charge in [0.05, 0.1) is 0 Å². The lowest BCUT2D eigenvalue weighted by Gasteiger charge is -2.39. The zero-order valence-electron chi connectivity index (χ0n) is 14.4. The first-order valence-electron chi connectivity index (χ1n) is 8.64. The van der Waals surface area contributed by atoms with Gasteiger partial charge in [0, 0.05) is 30.6 Å². The van der Waals surface area contributed by atoms with E-state index in [1.807, 2.05) is 32.6 Å². The van der Waals surface area contributed by atoms with E-state index in [0.717, 1.165) is 38.8 Å². The van der Waals surface area contributed by atoms with Crippen LogP contribution in [0, 0.1) is 11.8 Å². The van der Waals surface area contributed by atoms with E-state index < -0.39 is 0 Å². The molecular weight excluding hydrogens is 278 g/mol. The van der Waals surface area contributed by atoms with Crippen LogP contribution >= 0.6 is 0 Å². The van der Waals surface area contributed by atoms with Gasteiger partial charge < -0.3 is 15.5 Å². The minimum atomic E-state index is -0.234. The summed E-state index contributed by atoms with van der Waals surface area (Å²) in [6.45, 7) is 9.62. The van der Waals surface area contributed by atoms with E-state index in [9.17, 15) is 9.59 Å². The summed E-state index contributed by atoms with van der Waals surface area (Å²) in [6, 6.07) is -0.0400. The zero-order chi connectivity index (χ0) is 16.3. The summed E-state index contributed by atoms with van der Waals surface area (Å²) in [7, 11) is 0. The Hall–Kier alpha value is -1.26. The number of nitrogens with one attached hydrogen (secondary N) is 2. The summed E-state index contributed by atoms with van der Waals surface area (Å²) in [6.07, 6.45) is 5.42. The van der Waals surface area contributed by atoms with Crippen LogP contribution in [0.25, 0.3) is 0 Å². The molecule has 126 valence electrons. The molecule has 1 saturated heterocycles. The topological polar surface area (TPSA) is 61.4 Å². The molecule has 3 amide bonds. The maximum Gasteiger partial charge on any atom is 0.315 e. The van der Waals surface area contributed by atoms with Gasteiger partial charge in [-0.05, 0) is 59.3 Å². The smallest absolute Gasteiger partial charge is 0.315 e. The van der Waals surface area contributed by atoms with E-state index in [2.05, 4.69) is 10.6 Å². The predicted octanol–water partition coefficient (Wildman–Crippen LogP) is 2.51. The van der Waals surface area contributed by atoms with Crippen LogP contribution in [0.15, 0.2) is 0 Å². The van der Waals surface area contributed by atoms with Crippen molar-refractivity contribution in [2.24, 2.45) is 11.8 Å². The molecule has 1 aliphatic carbocycles. The van der Waals surface area contributed by atoms with Crippen LogP contribution in [0.3, 0.4) is 0 Å². The zero-order valence-corrected chi connectivity index (χ0v) is 14.4. The highest BCUT2D eigenvalue weighted by Crippen LogP contribution is 2.30. The van der Waals surface area contributed by atoms with E-state index in [1.54, 1.807) is 0 Å². The minimum Gasteiger partial charge on any atom is -0.342 e. The van der Waals surface area contributed by atoms with Gasteiger partial charge in [0.25, 0.3) is 0 Å². The summed E-state index contributed by atoms with van der Waals surface area (Å²) in [5, 5.41) is 5.96. The number of nitrogens with zero attached hydrogens (tertiary/aromatic N) is 1. The molecule has 2 rings (SSSR count). The normalized spacial score (nSPS) is 24.4. The number of likely N-dealkylation sites (tertiary alicyclic amines) is 1. The molecule has 22 heavy (non-hydrogen) atoms. The van der Waals surface area contributed by atoms with Gasteiger partial charge in [-0.3, -0.25) is 4.79 Å². The Bertz CT molecular complexity index is 413. The molecule has 0 aromatic carbocycles. The van der Waals surface area contributed by atoms with Gasteiger partial charge in [0.2, 0.25) is 5.91 Å². The average Bonchev–Trinajstić information content (AvgIpc) is 2.34. The van der Waals surface area contributed by atoms with Gasteiger partial charge in [0.15, 0.2) is 0 Å². The largest absolute Gasteiger partial charge is 0.342 e. The average molecular weight is 309 g/mol. The second-order valence-electron chi connectivity index (χ2n) is 7.95. The molecule has 0 unspecified atom stereocenters. The Morgan fingerprint density at radius 3 is 2.36 bits per heavy atom. The third-order valence-corrected chi connectivity index (χ3v) is 4.78. The number of urea groups is 1. The highest BCUT2D eigenvalue weighted by molar-refractivity contribution is 5.79. The van der Waals surface area contributed by atoms with Gasteiger partial charge >= 0.3 is 6.03 Å². The van der Waals surface area contributed by atoms with E-state index in [4.69, 9.17) is 0 Å². The lowest BCUT2D eigenvalue weighted by molar-refractivity contribution is -0.140. The molecule has 1 aliphatic heterocycles. The number of carbonyl (C=O) groups excluding carboxylic acids is 2. The van der Waals surface area contributed by atoms with Gasteiger partial charge in [-0.1, -0.05) is 6.42 Å². The summed E-state index contributed by atoms with van der Waals surface area (Å²) in [5.74, 6) is 0.956. The molecule has 2 fully saturated rings. The number of hydrogen-bond donors (Lipinski definition) is 2. The number of hydrogen-bond acceptors (Lipinski definition) is 2. The van der Waals surface area contributed by atoms with Gasteiger partial charge in [-0.25, -0.2) is 4.79 Å². The van der Waals surface area contributed by atoms with Gasteiger partial charge in [-0.2, -0.15) is 0 Å². The van der Waals surface area contributed by atoms with Crippen molar-refractivity contribution < 1.29 is 9.59 Å². The molecule has 2 aliphatic rings. The summed E-state index contributed by atoms with van der Waals surface area (Å²) < 4.78 is 0. The Balaban J connectivity index is 1.83. The molecule has 2 atom stereocenters. The molecule has 5 nitrogen and oxygen atoms in total. The lowest BCUT2D eigenvalue weighted by Crippen LogP contribution is -2.53. The van der Waals surface area contributed by atoms with Crippen molar-refractivity contribution in [3.8, 4) is 0 Å². The van der Waals surface area contributed by atoms with Crippen molar-refractivity contribution in [1.82, 2.24) is 15.5 Å². The number of carbonyl (C=O) groups is 2. The first-order valence-corrected chi connectivity index (χ1v) is 8.64. The lowest BCUT2D eigenvalue weighted by atomic mass is 9.83. The van der Waals surface area contributed by atoms with Crippen LogP contribution in [0.2, 0.25) is 0 Å². The molecule has 0 radical (unpaired) electrons. The maximum absolute atomic E-state index is 12.4. The molecule has 0 aromatic heterocycles. The first-order chi connectivity index (χ1) is 10.3. The van der Waals surface area contributed by atoms with Gasteiger partial charge in [-0.15, -0.1) is 0 Å². The van der Waals surface area contributed by atoms with Gasteiger partial charge in [0.1, 0.15) is 0 Å². The molecule has 0 aromatic rings. The molecule has 2 N–H and O–H groups in total. The van der Waals surface area contributed by atoms with Crippen LogP contribution < -0.4 is 10.6 Å². The van der Waals surface area contributed by atoms with Crippen LogP contribution in [-0.4, -0.2) is 41.5 Å². The van der Waals surface area contributed by atoms with Crippen LogP contribution in [-0.2, 0) is 4.79 Å². The second kappa shape index (κ2) is 6.88. The van der Waals surface area contributed by atoms with Crippen molar-refractivity contribution in [2.45, 2.75) is 71.4 Å². The number of amides is 3. The standard InChI is InChI=1S/C17H31N3O2/c1-12(18-16(22)19-17(2,3)4)14-9-6-10-20(11-14)15(21)13-7-5-8-13/h12-14H,5-11H2,1-4H3,(H2,18,19,22)/t12-,14-/m1/s1. The van der Waals surface area contributed by atoms with Crippen molar-refractivity contribution in [3.05, 3.63) is 0 Å². The summed E-state index contributed by atoms with van der Waals surface area (Å²) >= 11 is 0. The van der Waals surface area contributed by atoms with Crippen molar-refractivity contribution in [2.75, 3.05) is 13.1 Å². The molecule has 5 heteroatoms. The minimum absolute atomic E-state index is 0.0827. The van der Waals surface area contributed by atoms with E-state index >= 15 is 0 Å². The molecule has 1 heterocycles. The highest BCUT2D eigenvalue weighted by atomic mass is 16.2. The fourth-order valence-corrected chi connectivity index (χ4v) is 3.23. The Kier molecular flexibility index (Phi) is 5.35. The monoisotopic (exact) mass is 309 g/mol. The van der Waals surface area contributed by atoms with Crippen molar-refractivity contribution >= 4 is 11.9 Å². The summed E-state index contributed by atoms with van der Waals surface area (Å²) in [5.41, 5.74) is -0.234. The molecule has 0 bridgehead atoms. The Labute approximate surface area is 134 Å². The Morgan fingerprint density at radius 2 is 1.82 bits per heavy atom. The molecule has 1 saturated carbocycles. The SMILES string of the molecule is C[C@@H](NC(=O)NC(C)(C)C)[C@@H]1CCCN(C(=O)C2CCC2)C1. The predicted molar refractivity (Wildman–Crippen MR) is 87.5 cm³/mol. The van der Waals surface area contributed by atoms with E-state index in [0.29, 0.717) is 11.8 Å². The number of piperidine rings is 1. The van der Waals surface area contributed by atoms with E-state index in [1.165, 1.54) is 6.42 Å². The van der Waals surface area contributed by atoms with Crippen molar-refractivity contribution in [3.63, 3.8) is 0 Å². The van der Waals surface area contributed by atoms with E-state index in [-0.39, 0.29) is 23.5 Å². The molecular formula is C17H31N3O2. The molecule has 0 spiro atoms. The quantitative estimate of drug-likeness (QED) is 0.841. The van der Waals surface area contributed by atoms with Crippen LogP contribution in [0.5, 0.6) is 0 Å². The Morgan fingerprint density at radius 1 is 1.14 bits per heavy atom. The highest BCUT2D eigenvalue weighted by Gasteiger charge is 2.33.